The zero-order chi connectivity index (χ0) is 12.7. The Balaban J connectivity index is 2.48. The van der Waals surface area contributed by atoms with Crippen LogP contribution < -0.4 is 10.2 Å². The summed E-state index contributed by atoms with van der Waals surface area (Å²) in [6.45, 7) is 8.67. The second kappa shape index (κ2) is 7.67. The molecule has 1 aromatic rings. The van der Waals surface area contributed by atoms with Gasteiger partial charge in [-0.25, -0.2) is 4.98 Å². The second-order valence-electron chi connectivity index (χ2n) is 4.45. The lowest BCUT2D eigenvalue weighted by Gasteiger charge is -2.15. The number of anilines is 1. The first-order valence-electron chi connectivity index (χ1n) is 6.59. The van der Waals surface area contributed by atoms with Crippen LogP contribution in [0.2, 0.25) is 0 Å². The van der Waals surface area contributed by atoms with Crippen LogP contribution >= 0.6 is 11.3 Å². The van der Waals surface area contributed by atoms with E-state index < -0.39 is 0 Å². The molecule has 3 nitrogen and oxygen atoms in total. The molecule has 0 amide bonds. The van der Waals surface area contributed by atoms with Gasteiger partial charge < -0.3 is 10.2 Å². The predicted molar refractivity (Wildman–Crippen MR) is 77.0 cm³/mol. The van der Waals surface area contributed by atoms with Gasteiger partial charge in [-0.1, -0.05) is 26.7 Å². The highest BCUT2D eigenvalue weighted by molar-refractivity contribution is 7.15. The quantitative estimate of drug-likeness (QED) is 0.721. The van der Waals surface area contributed by atoms with Crippen LogP contribution in [0.25, 0.3) is 0 Å². The number of nitrogens with zero attached hydrogens (tertiary/aromatic N) is 2. The van der Waals surface area contributed by atoms with Gasteiger partial charge in [0.25, 0.3) is 0 Å². The predicted octanol–water partition coefficient (Wildman–Crippen LogP) is 3.44. The first-order valence-corrected chi connectivity index (χ1v) is 7.40. The molecule has 0 bridgehead atoms. The minimum Gasteiger partial charge on any atom is -0.351 e. The summed E-state index contributed by atoms with van der Waals surface area (Å²) in [5.74, 6) is 0. The van der Waals surface area contributed by atoms with E-state index in [1.165, 1.54) is 24.1 Å². The normalized spacial score (nSPS) is 12.7. The molecule has 0 radical (unpaired) electrons. The largest absolute Gasteiger partial charge is 0.351 e. The molecule has 0 spiro atoms. The smallest absolute Gasteiger partial charge is 0.185 e. The minimum atomic E-state index is 0.412. The number of rotatable bonds is 8. The molecule has 0 saturated carbocycles. The van der Waals surface area contributed by atoms with Gasteiger partial charge in [0, 0.05) is 30.7 Å². The van der Waals surface area contributed by atoms with Crippen LogP contribution in [0.15, 0.2) is 6.20 Å². The van der Waals surface area contributed by atoms with Crippen molar-refractivity contribution in [3.8, 4) is 0 Å². The SMILES string of the molecule is CCCCCN(C)c1ncc(C(C)NCC)s1. The highest BCUT2D eigenvalue weighted by atomic mass is 32.1. The van der Waals surface area contributed by atoms with Crippen molar-refractivity contribution in [3.05, 3.63) is 11.1 Å². The average Bonchev–Trinajstić information content (AvgIpc) is 2.79. The number of unbranched alkanes of at least 4 members (excludes halogenated alkanes) is 2. The van der Waals surface area contributed by atoms with E-state index in [2.05, 4.69) is 43.0 Å². The van der Waals surface area contributed by atoms with Gasteiger partial charge in [0.1, 0.15) is 0 Å². The van der Waals surface area contributed by atoms with E-state index in [1.807, 2.05) is 6.20 Å². The minimum absolute atomic E-state index is 0.412. The van der Waals surface area contributed by atoms with E-state index in [-0.39, 0.29) is 0 Å². The van der Waals surface area contributed by atoms with Crippen molar-refractivity contribution in [3.63, 3.8) is 0 Å². The van der Waals surface area contributed by atoms with Crippen LogP contribution in [0.1, 0.15) is 51.0 Å². The fourth-order valence-electron chi connectivity index (χ4n) is 1.76. The van der Waals surface area contributed by atoms with Crippen molar-refractivity contribution in [2.75, 3.05) is 25.0 Å². The molecule has 0 aromatic carbocycles. The number of nitrogens with one attached hydrogen (secondary N) is 1. The molecule has 0 aliphatic heterocycles. The van der Waals surface area contributed by atoms with E-state index in [0.717, 1.165) is 18.2 Å². The summed E-state index contributed by atoms with van der Waals surface area (Å²) in [7, 11) is 2.14. The van der Waals surface area contributed by atoms with Crippen molar-refractivity contribution >= 4 is 16.5 Å². The van der Waals surface area contributed by atoms with E-state index >= 15 is 0 Å². The lowest BCUT2D eigenvalue weighted by molar-refractivity contribution is 0.606. The maximum atomic E-state index is 4.50. The van der Waals surface area contributed by atoms with Gasteiger partial charge in [0.05, 0.1) is 0 Å². The molecule has 1 N–H and O–H groups in total. The van der Waals surface area contributed by atoms with Crippen molar-refractivity contribution in [1.82, 2.24) is 10.3 Å². The first-order chi connectivity index (χ1) is 8.19. The van der Waals surface area contributed by atoms with Crippen molar-refractivity contribution in [2.45, 2.75) is 46.1 Å². The molecule has 4 heteroatoms. The zero-order valence-electron chi connectivity index (χ0n) is 11.5. The molecule has 1 aromatic heterocycles. The van der Waals surface area contributed by atoms with Gasteiger partial charge in [-0.15, -0.1) is 11.3 Å². The highest BCUT2D eigenvalue weighted by Gasteiger charge is 2.11. The summed E-state index contributed by atoms with van der Waals surface area (Å²) in [5, 5.41) is 4.56. The molecule has 1 atom stereocenters. The Morgan fingerprint density at radius 3 is 2.82 bits per heavy atom. The third-order valence-corrected chi connectivity index (χ3v) is 4.17. The zero-order valence-corrected chi connectivity index (χ0v) is 12.3. The molecular weight excluding hydrogens is 230 g/mol. The lowest BCUT2D eigenvalue weighted by Crippen LogP contribution is -2.18. The van der Waals surface area contributed by atoms with Gasteiger partial charge in [-0.3, -0.25) is 0 Å². The molecule has 17 heavy (non-hydrogen) atoms. The van der Waals surface area contributed by atoms with E-state index in [0.29, 0.717) is 6.04 Å². The van der Waals surface area contributed by atoms with Crippen LogP contribution in [0.3, 0.4) is 0 Å². The molecular formula is C13H25N3S. The third kappa shape index (κ3) is 4.64. The van der Waals surface area contributed by atoms with Gasteiger partial charge in [-0.2, -0.15) is 0 Å². The summed E-state index contributed by atoms with van der Waals surface area (Å²) < 4.78 is 0. The van der Waals surface area contributed by atoms with Crippen molar-refractivity contribution in [1.29, 1.82) is 0 Å². The van der Waals surface area contributed by atoms with Crippen LogP contribution in [-0.4, -0.2) is 25.1 Å². The number of aromatic nitrogens is 1. The van der Waals surface area contributed by atoms with Crippen LogP contribution in [0, 0.1) is 0 Å². The Bertz CT molecular complexity index is 311. The summed E-state index contributed by atoms with van der Waals surface area (Å²) in [5.41, 5.74) is 0. The van der Waals surface area contributed by atoms with Gasteiger partial charge in [0.2, 0.25) is 0 Å². The van der Waals surface area contributed by atoms with Crippen LogP contribution in [0.5, 0.6) is 0 Å². The van der Waals surface area contributed by atoms with Crippen LogP contribution in [0.4, 0.5) is 5.13 Å². The fraction of sp³-hybridized carbons (Fsp3) is 0.769. The van der Waals surface area contributed by atoms with Gasteiger partial charge in [-0.05, 0) is 19.9 Å². The molecule has 0 fully saturated rings. The highest BCUT2D eigenvalue weighted by Crippen LogP contribution is 2.26. The molecule has 0 saturated heterocycles. The summed E-state index contributed by atoms with van der Waals surface area (Å²) in [6.07, 6.45) is 5.83. The lowest BCUT2D eigenvalue weighted by atomic mass is 10.2. The van der Waals surface area contributed by atoms with Gasteiger partial charge >= 0.3 is 0 Å². The van der Waals surface area contributed by atoms with Gasteiger partial charge in [0.15, 0.2) is 5.13 Å². The molecule has 98 valence electrons. The number of hydrogen-bond acceptors (Lipinski definition) is 4. The maximum absolute atomic E-state index is 4.50. The van der Waals surface area contributed by atoms with Crippen LogP contribution in [-0.2, 0) is 0 Å². The van der Waals surface area contributed by atoms with E-state index in [9.17, 15) is 0 Å². The summed E-state index contributed by atoms with van der Waals surface area (Å²) in [6, 6.07) is 0.412. The Labute approximate surface area is 109 Å². The van der Waals surface area contributed by atoms with Crippen molar-refractivity contribution in [2.24, 2.45) is 0 Å². The number of hydrogen-bond donors (Lipinski definition) is 1. The molecule has 1 rings (SSSR count). The average molecular weight is 255 g/mol. The number of thiazole rings is 1. The second-order valence-corrected chi connectivity index (χ2v) is 5.49. The third-order valence-electron chi connectivity index (χ3n) is 2.87. The standard InChI is InChI=1S/C13H25N3S/c1-5-7-8-9-16(4)13-15-10-12(17-13)11(3)14-6-2/h10-11,14H,5-9H2,1-4H3. The molecule has 1 heterocycles. The fourth-order valence-corrected chi connectivity index (χ4v) is 2.68. The molecule has 1 unspecified atom stereocenters. The topological polar surface area (TPSA) is 28.2 Å². The Hall–Kier alpha value is -0.610. The maximum Gasteiger partial charge on any atom is 0.185 e. The van der Waals surface area contributed by atoms with Crippen molar-refractivity contribution < 1.29 is 0 Å². The first kappa shape index (κ1) is 14.5. The molecule has 0 aliphatic carbocycles. The van der Waals surface area contributed by atoms with E-state index in [1.54, 1.807) is 11.3 Å². The molecule has 0 aliphatic rings. The Morgan fingerprint density at radius 2 is 2.18 bits per heavy atom. The Kier molecular flexibility index (Phi) is 6.52. The summed E-state index contributed by atoms with van der Waals surface area (Å²) >= 11 is 1.80. The monoisotopic (exact) mass is 255 g/mol. The summed E-state index contributed by atoms with van der Waals surface area (Å²) in [4.78, 5) is 8.09. The van der Waals surface area contributed by atoms with E-state index in [4.69, 9.17) is 0 Å². The Morgan fingerprint density at radius 1 is 1.41 bits per heavy atom.